The largest absolute Gasteiger partial charge is 0.356 e. The molecule has 1 rings (SSSR count). The molecule has 14 heavy (non-hydrogen) atoms. The Balaban J connectivity index is 0.00000169. The summed E-state index contributed by atoms with van der Waals surface area (Å²) in [6.07, 6.45) is 1.18. The highest BCUT2D eigenvalue weighted by molar-refractivity contribution is 6.28. The van der Waals surface area contributed by atoms with Gasteiger partial charge in [-0.15, -0.1) is 24.0 Å². The van der Waals surface area contributed by atoms with Gasteiger partial charge in [0.25, 0.3) is 0 Å². The van der Waals surface area contributed by atoms with Gasteiger partial charge in [0.1, 0.15) is 0 Å². The second-order valence-electron chi connectivity index (χ2n) is 3.22. The number of hydrogen-bond donors (Lipinski definition) is 2. The van der Waals surface area contributed by atoms with E-state index in [1.807, 2.05) is 0 Å². The first kappa shape index (κ1) is 13.7. The number of nitrogens with one attached hydrogen (secondary N) is 1. The minimum atomic E-state index is -0.591. The Kier molecular flexibility index (Phi) is 6.08. The summed E-state index contributed by atoms with van der Waals surface area (Å²) >= 11 is 5.34. The van der Waals surface area contributed by atoms with Crippen LogP contribution in [0.15, 0.2) is 0 Å². The van der Waals surface area contributed by atoms with Crippen molar-refractivity contribution < 1.29 is 9.59 Å². The standard InChI is InChI=1S/C8H13ClN2O2.ClH/c9-4-7(12)6(10)3-5-1-2-11-8(5)13;/h5-6H,1-4,10H2,(H,11,13);1H. The Morgan fingerprint density at radius 2 is 2.36 bits per heavy atom. The van der Waals surface area contributed by atoms with Crippen LogP contribution in [0, 0.1) is 5.92 Å². The van der Waals surface area contributed by atoms with E-state index in [1.165, 1.54) is 0 Å². The summed E-state index contributed by atoms with van der Waals surface area (Å²) in [7, 11) is 0. The molecule has 0 radical (unpaired) electrons. The predicted octanol–water partition coefficient (Wildman–Crippen LogP) is 0.0696. The van der Waals surface area contributed by atoms with Gasteiger partial charge in [-0.2, -0.15) is 0 Å². The number of Topliss-reactive ketones (excluding diaryl/α,β-unsaturated/α-hetero) is 1. The molecule has 0 aromatic rings. The molecule has 1 fully saturated rings. The van der Waals surface area contributed by atoms with Crippen molar-refractivity contribution in [1.29, 1.82) is 0 Å². The van der Waals surface area contributed by atoms with Crippen LogP contribution in [-0.2, 0) is 9.59 Å². The van der Waals surface area contributed by atoms with E-state index in [0.29, 0.717) is 13.0 Å². The van der Waals surface area contributed by atoms with Gasteiger partial charge in [0.05, 0.1) is 11.9 Å². The normalized spacial score (nSPS) is 22.4. The van der Waals surface area contributed by atoms with Crippen LogP contribution >= 0.6 is 24.0 Å². The number of amides is 1. The van der Waals surface area contributed by atoms with Crippen molar-refractivity contribution in [3.05, 3.63) is 0 Å². The van der Waals surface area contributed by atoms with E-state index in [9.17, 15) is 9.59 Å². The number of alkyl halides is 1. The van der Waals surface area contributed by atoms with E-state index in [2.05, 4.69) is 5.32 Å². The smallest absolute Gasteiger partial charge is 0.223 e. The highest BCUT2D eigenvalue weighted by Crippen LogP contribution is 2.15. The maximum atomic E-state index is 11.1. The second kappa shape index (κ2) is 6.22. The Morgan fingerprint density at radius 1 is 1.71 bits per heavy atom. The molecule has 1 amide bonds. The number of nitrogens with two attached hydrogens (primary N) is 1. The van der Waals surface area contributed by atoms with Crippen molar-refractivity contribution in [2.75, 3.05) is 12.4 Å². The summed E-state index contributed by atoms with van der Waals surface area (Å²) < 4.78 is 0. The van der Waals surface area contributed by atoms with Gasteiger partial charge in [-0.1, -0.05) is 0 Å². The van der Waals surface area contributed by atoms with Crippen LogP contribution in [0.5, 0.6) is 0 Å². The van der Waals surface area contributed by atoms with Crippen LogP contribution in [-0.4, -0.2) is 30.2 Å². The van der Waals surface area contributed by atoms with Crippen LogP contribution in [0.1, 0.15) is 12.8 Å². The summed E-state index contributed by atoms with van der Waals surface area (Å²) in [6.45, 7) is 0.686. The average Bonchev–Trinajstić information content (AvgIpc) is 2.50. The molecule has 3 N–H and O–H groups in total. The van der Waals surface area contributed by atoms with E-state index < -0.39 is 6.04 Å². The molecule has 0 spiro atoms. The quantitative estimate of drug-likeness (QED) is 0.684. The first-order valence-electron chi connectivity index (χ1n) is 4.27. The van der Waals surface area contributed by atoms with Gasteiger partial charge in [-0.3, -0.25) is 9.59 Å². The van der Waals surface area contributed by atoms with Gasteiger partial charge < -0.3 is 11.1 Å². The lowest BCUT2D eigenvalue weighted by Gasteiger charge is -2.11. The molecule has 0 bridgehead atoms. The lowest BCUT2D eigenvalue weighted by atomic mass is 9.97. The number of carbonyl (C=O) groups is 2. The fourth-order valence-corrected chi connectivity index (χ4v) is 1.61. The van der Waals surface area contributed by atoms with Crippen molar-refractivity contribution in [2.24, 2.45) is 11.7 Å². The minimum absolute atomic E-state index is 0. The van der Waals surface area contributed by atoms with Gasteiger partial charge in [-0.25, -0.2) is 0 Å². The van der Waals surface area contributed by atoms with Crippen molar-refractivity contribution in [1.82, 2.24) is 5.32 Å². The monoisotopic (exact) mass is 240 g/mol. The third kappa shape index (κ3) is 3.44. The van der Waals surface area contributed by atoms with E-state index in [-0.39, 0.29) is 35.9 Å². The third-order valence-corrected chi connectivity index (χ3v) is 2.51. The Hall–Kier alpha value is -0.320. The van der Waals surface area contributed by atoms with Crippen LogP contribution in [0.3, 0.4) is 0 Å². The summed E-state index contributed by atoms with van der Waals surface area (Å²) in [4.78, 5) is 22.1. The van der Waals surface area contributed by atoms with Crippen molar-refractivity contribution in [3.63, 3.8) is 0 Å². The highest BCUT2D eigenvalue weighted by Gasteiger charge is 2.27. The molecule has 1 aliphatic rings. The number of hydrogen-bond acceptors (Lipinski definition) is 3. The molecular formula is C8H14Cl2N2O2. The fourth-order valence-electron chi connectivity index (χ4n) is 1.41. The van der Waals surface area contributed by atoms with Crippen LogP contribution in [0.2, 0.25) is 0 Å². The molecule has 0 aromatic heterocycles. The van der Waals surface area contributed by atoms with Gasteiger partial charge in [0.15, 0.2) is 5.78 Å². The molecule has 0 saturated carbocycles. The van der Waals surface area contributed by atoms with E-state index >= 15 is 0 Å². The van der Waals surface area contributed by atoms with Crippen molar-refractivity contribution >= 4 is 35.7 Å². The Bertz CT molecular complexity index is 223. The van der Waals surface area contributed by atoms with Crippen molar-refractivity contribution in [3.8, 4) is 0 Å². The molecule has 1 saturated heterocycles. The average molecular weight is 241 g/mol. The van der Waals surface area contributed by atoms with Gasteiger partial charge in [-0.05, 0) is 12.8 Å². The maximum absolute atomic E-state index is 11.1. The van der Waals surface area contributed by atoms with Gasteiger partial charge in [0, 0.05) is 12.5 Å². The predicted molar refractivity (Wildman–Crippen MR) is 56.7 cm³/mol. The van der Waals surface area contributed by atoms with Crippen LogP contribution in [0.4, 0.5) is 0 Å². The van der Waals surface area contributed by atoms with Crippen LogP contribution in [0.25, 0.3) is 0 Å². The molecule has 1 aliphatic heterocycles. The first-order valence-corrected chi connectivity index (χ1v) is 4.80. The molecule has 1 heterocycles. The van der Waals surface area contributed by atoms with Crippen LogP contribution < -0.4 is 11.1 Å². The van der Waals surface area contributed by atoms with Crippen molar-refractivity contribution in [2.45, 2.75) is 18.9 Å². The molecule has 2 unspecified atom stereocenters. The van der Waals surface area contributed by atoms with E-state index in [4.69, 9.17) is 17.3 Å². The Labute approximate surface area is 94.0 Å². The zero-order chi connectivity index (χ0) is 9.84. The molecule has 2 atom stereocenters. The fraction of sp³-hybridized carbons (Fsp3) is 0.750. The summed E-state index contributed by atoms with van der Waals surface area (Å²) in [5.41, 5.74) is 5.56. The second-order valence-corrected chi connectivity index (χ2v) is 3.49. The molecule has 6 heteroatoms. The lowest BCUT2D eigenvalue weighted by molar-refractivity contribution is -0.123. The SMILES string of the molecule is Cl.NC(CC1CCNC1=O)C(=O)CCl. The Morgan fingerprint density at radius 3 is 2.79 bits per heavy atom. The number of rotatable bonds is 4. The summed E-state index contributed by atoms with van der Waals surface area (Å²) in [5, 5.41) is 2.69. The minimum Gasteiger partial charge on any atom is -0.356 e. The van der Waals surface area contributed by atoms with E-state index in [1.54, 1.807) is 0 Å². The first-order chi connectivity index (χ1) is 6.15. The number of halogens is 2. The number of carbonyl (C=O) groups excluding carboxylic acids is 2. The van der Waals surface area contributed by atoms with E-state index in [0.717, 1.165) is 6.42 Å². The molecule has 82 valence electrons. The topological polar surface area (TPSA) is 72.2 Å². The summed E-state index contributed by atoms with van der Waals surface area (Å²) in [6, 6.07) is -0.591. The highest BCUT2D eigenvalue weighted by atomic mass is 35.5. The molecule has 4 nitrogen and oxygen atoms in total. The lowest BCUT2D eigenvalue weighted by Crippen LogP contribution is -2.35. The zero-order valence-electron chi connectivity index (χ0n) is 7.66. The maximum Gasteiger partial charge on any atom is 0.223 e. The summed E-state index contributed by atoms with van der Waals surface area (Å²) in [5.74, 6) is -0.378. The molecular weight excluding hydrogens is 227 g/mol. The third-order valence-electron chi connectivity index (χ3n) is 2.25. The van der Waals surface area contributed by atoms with Gasteiger partial charge >= 0.3 is 0 Å². The molecule has 0 aromatic carbocycles. The van der Waals surface area contributed by atoms with Gasteiger partial charge in [0.2, 0.25) is 5.91 Å². The molecule has 0 aliphatic carbocycles. The zero-order valence-corrected chi connectivity index (χ0v) is 9.24. The number of ketones is 1.